The van der Waals surface area contributed by atoms with Crippen LogP contribution in [0.3, 0.4) is 0 Å². The SMILES string of the molecule is Cn1cc(-c2nc(-c3nc4c(s3)CNCC4)c(-c3ccc(F)cc3OCC3CCNC(=O)C3)c3sccc23)cn1. The molecule has 1 amide bonds. The van der Waals surface area contributed by atoms with E-state index in [0.717, 1.165) is 74.8 Å². The van der Waals surface area contributed by atoms with Crippen LogP contribution in [-0.2, 0) is 24.8 Å². The third kappa shape index (κ3) is 4.67. The number of piperidine rings is 1. The third-order valence-corrected chi connectivity index (χ3v) is 9.46. The molecule has 1 atom stereocenters. The van der Waals surface area contributed by atoms with E-state index in [0.29, 0.717) is 25.3 Å². The monoisotopic (exact) mass is 574 g/mol. The summed E-state index contributed by atoms with van der Waals surface area (Å²) < 4.78 is 23.7. The zero-order chi connectivity index (χ0) is 27.2. The van der Waals surface area contributed by atoms with Crippen LogP contribution in [0.5, 0.6) is 5.75 Å². The lowest BCUT2D eigenvalue weighted by Gasteiger charge is -2.23. The number of nitrogens with one attached hydrogen (secondary N) is 2. The van der Waals surface area contributed by atoms with Gasteiger partial charge in [-0.15, -0.1) is 22.7 Å². The number of fused-ring (bicyclic) bond motifs is 2. The topological polar surface area (TPSA) is 94.0 Å². The molecule has 6 heterocycles. The number of thiophene rings is 1. The number of thiazole rings is 1. The molecule has 2 aliphatic rings. The predicted molar refractivity (Wildman–Crippen MR) is 155 cm³/mol. The number of nitrogens with zero attached hydrogens (tertiary/aromatic N) is 4. The van der Waals surface area contributed by atoms with Crippen LogP contribution in [0.1, 0.15) is 23.4 Å². The molecule has 5 aromatic rings. The van der Waals surface area contributed by atoms with Gasteiger partial charge in [0.2, 0.25) is 5.91 Å². The Kier molecular flexibility index (Phi) is 6.57. The van der Waals surface area contributed by atoms with E-state index in [-0.39, 0.29) is 17.6 Å². The molecule has 0 spiro atoms. The van der Waals surface area contributed by atoms with Gasteiger partial charge in [0, 0.05) is 89.4 Å². The minimum Gasteiger partial charge on any atom is -0.493 e. The Morgan fingerprint density at radius 1 is 1.20 bits per heavy atom. The molecular formula is C29H27FN6O2S2. The van der Waals surface area contributed by atoms with Gasteiger partial charge in [0.1, 0.15) is 22.3 Å². The van der Waals surface area contributed by atoms with Gasteiger partial charge in [-0.2, -0.15) is 5.10 Å². The number of aromatic nitrogens is 4. The van der Waals surface area contributed by atoms with E-state index in [1.165, 1.54) is 17.0 Å². The number of rotatable bonds is 6. The van der Waals surface area contributed by atoms with Gasteiger partial charge in [0.15, 0.2) is 0 Å². The highest BCUT2D eigenvalue weighted by Gasteiger charge is 2.27. The maximum atomic E-state index is 14.6. The maximum absolute atomic E-state index is 14.6. The zero-order valence-corrected chi connectivity index (χ0v) is 23.5. The fraction of sp³-hybridized carbons (Fsp3) is 0.310. The molecular weight excluding hydrogens is 547 g/mol. The summed E-state index contributed by atoms with van der Waals surface area (Å²) in [6, 6.07) is 6.75. The Morgan fingerprint density at radius 2 is 2.12 bits per heavy atom. The number of hydrogen-bond acceptors (Lipinski definition) is 8. The first kappa shape index (κ1) is 25.3. The molecule has 8 nitrogen and oxygen atoms in total. The zero-order valence-electron chi connectivity index (χ0n) is 21.9. The van der Waals surface area contributed by atoms with Crippen LogP contribution in [0.2, 0.25) is 0 Å². The van der Waals surface area contributed by atoms with E-state index < -0.39 is 0 Å². The average Bonchev–Trinajstić information content (AvgIpc) is 3.71. The molecule has 204 valence electrons. The normalized spacial score (nSPS) is 17.1. The van der Waals surface area contributed by atoms with Crippen molar-refractivity contribution in [1.29, 1.82) is 0 Å². The highest BCUT2D eigenvalue weighted by Crippen LogP contribution is 2.47. The molecule has 1 fully saturated rings. The van der Waals surface area contributed by atoms with Gasteiger partial charge in [-0.25, -0.2) is 14.4 Å². The Labute approximate surface area is 238 Å². The first-order chi connectivity index (χ1) is 19.5. The van der Waals surface area contributed by atoms with Crippen molar-refractivity contribution in [2.45, 2.75) is 25.8 Å². The van der Waals surface area contributed by atoms with Crippen LogP contribution in [-0.4, -0.2) is 45.4 Å². The van der Waals surface area contributed by atoms with E-state index in [1.54, 1.807) is 33.4 Å². The van der Waals surface area contributed by atoms with Gasteiger partial charge in [0.25, 0.3) is 0 Å². The summed E-state index contributed by atoms with van der Waals surface area (Å²) in [5, 5.41) is 14.6. The second kappa shape index (κ2) is 10.4. The molecule has 1 aromatic carbocycles. The predicted octanol–water partition coefficient (Wildman–Crippen LogP) is 5.18. The summed E-state index contributed by atoms with van der Waals surface area (Å²) in [5.74, 6) is 0.176. The number of hydrogen-bond donors (Lipinski definition) is 2. The van der Waals surface area contributed by atoms with Crippen molar-refractivity contribution < 1.29 is 13.9 Å². The smallest absolute Gasteiger partial charge is 0.220 e. The van der Waals surface area contributed by atoms with Crippen LogP contribution in [0.15, 0.2) is 42.0 Å². The minimum absolute atomic E-state index is 0.0271. The highest BCUT2D eigenvalue weighted by molar-refractivity contribution is 7.18. The number of aryl methyl sites for hydroxylation is 1. The van der Waals surface area contributed by atoms with E-state index in [4.69, 9.17) is 14.7 Å². The largest absolute Gasteiger partial charge is 0.493 e. The van der Waals surface area contributed by atoms with Gasteiger partial charge in [0.05, 0.1) is 24.2 Å². The molecule has 40 heavy (non-hydrogen) atoms. The Bertz CT molecular complexity index is 1720. The molecule has 0 saturated carbocycles. The Hall–Kier alpha value is -3.67. The van der Waals surface area contributed by atoms with Crippen LogP contribution in [0.4, 0.5) is 4.39 Å². The van der Waals surface area contributed by atoms with Gasteiger partial charge < -0.3 is 15.4 Å². The van der Waals surface area contributed by atoms with Crippen LogP contribution >= 0.6 is 22.7 Å². The van der Waals surface area contributed by atoms with Crippen molar-refractivity contribution in [3.63, 3.8) is 0 Å². The fourth-order valence-electron chi connectivity index (χ4n) is 5.44. The molecule has 1 unspecified atom stereocenters. The Balaban J connectivity index is 1.41. The van der Waals surface area contributed by atoms with Crippen molar-refractivity contribution in [3.8, 4) is 38.8 Å². The van der Waals surface area contributed by atoms with Crippen molar-refractivity contribution in [2.24, 2.45) is 13.0 Å². The quantitative estimate of drug-likeness (QED) is 0.290. The van der Waals surface area contributed by atoms with Crippen molar-refractivity contribution in [1.82, 2.24) is 30.4 Å². The maximum Gasteiger partial charge on any atom is 0.220 e. The summed E-state index contributed by atoms with van der Waals surface area (Å²) in [7, 11) is 1.89. The third-order valence-electron chi connectivity index (χ3n) is 7.43. The van der Waals surface area contributed by atoms with Crippen LogP contribution in [0.25, 0.3) is 43.2 Å². The molecule has 7 rings (SSSR count). The molecule has 2 N–H and O–H groups in total. The lowest BCUT2D eigenvalue weighted by Crippen LogP contribution is -2.35. The molecule has 0 bridgehead atoms. The summed E-state index contributed by atoms with van der Waals surface area (Å²) in [4.78, 5) is 23.4. The molecule has 2 aliphatic heterocycles. The number of halogens is 1. The lowest BCUT2D eigenvalue weighted by molar-refractivity contribution is -0.123. The number of ether oxygens (including phenoxy) is 1. The second-order valence-electron chi connectivity index (χ2n) is 10.2. The highest BCUT2D eigenvalue weighted by atomic mass is 32.1. The fourth-order valence-corrected chi connectivity index (χ4v) is 7.47. The standard InChI is InChI=1S/C29H27FN6O2S2/c1-36-14-17(12-33-36)26-20-6-9-39-28(20)25(27(35-26)29-34-21-5-7-31-13-23(21)40-29)19-3-2-18(30)11-22(19)38-15-16-4-8-32-24(37)10-16/h2-3,6,9,11-12,14,16,31H,4-5,7-8,10,13,15H2,1H3,(H,32,37). The van der Waals surface area contributed by atoms with Gasteiger partial charge in [-0.05, 0) is 30.0 Å². The lowest BCUT2D eigenvalue weighted by atomic mass is 9.97. The summed E-state index contributed by atoms with van der Waals surface area (Å²) >= 11 is 3.27. The molecule has 1 saturated heterocycles. The number of pyridine rings is 1. The molecule has 0 radical (unpaired) electrons. The minimum atomic E-state index is -0.375. The summed E-state index contributed by atoms with van der Waals surface area (Å²) in [6.07, 6.45) is 5.90. The van der Waals surface area contributed by atoms with Gasteiger partial charge >= 0.3 is 0 Å². The van der Waals surface area contributed by atoms with E-state index in [9.17, 15) is 9.18 Å². The second-order valence-corrected chi connectivity index (χ2v) is 12.2. The summed E-state index contributed by atoms with van der Waals surface area (Å²) in [5.41, 5.74) is 5.27. The summed E-state index contributed by atoms with van der Waals surface area (Å²) in [6.45, 7) is 2.66. The molecule has 11 heteroatoms. The Morgan fingerprint density at radius 3 is 2.95 bits per heavy atom. The number of benzene rings is 1. The average molecular weight is 575 g/mol. The van der Waals surface area contributed by atoms with Gasteiger partial charge in [-0.1, -0.05) is 0 Å². The number of carbonyl (C=O) groups excluding carboxylic acids is 1. The van der Waals surface area contributed by atoms with Crippen LogP contribution < -0.4 is 15.4 Å². The molecule has 0 aliphatic carbocycles. The number of carbonyl (C=O) groups is 1. The van der Waals surface area contributed by atoms with Crippen molar-refractivity contribution in [3.05, 3.63) is 58.4 Å². The van der Waals surface area contributed by atoms with Crippen molar-refractivity contribution in [2.75, 3.05) is 19.7 Å². The first-order valence-electron chi connectivity index (χ1n) is 13.3. The van der Waals surface area contributed by atoms with E-state index in [1.807, 2.05) is 19.4 Å². The van der Waals surface area contributed by atoms with E-state index >= 15 is 0 Å². The first-order valence-corrected chi connectivity index (χ1v) is 15.0. The van der Waals surface area contributed by atoms with Crippen molar-refractivity contribution >= 4 is 38.7 Å². The van der Waals surface area contributed by atoms with Crippen LogP contribution in [0, 0.1) is 11.7 Å². The van der Waals surface area contributed by atoms with E-state index in [2.05, 4.69) is 27.2 Å². The van der Waals surface area contributed by atoms with Gasteiger partial charge in [-0.3, -0.25) is 9.48 Å². The number of amides is 1. The molecule has 4 aromatic heterocycles.